The number of nitrogens with zero attached hydrogens (tertiary/aromatic N) is 2. The number of aryl methyl sites for hydroxylation is 2. The van der Waals surface area contributed by atoms with Gasteiger partial charge in [-0.3, -0.25) is 0 Å². The average molecular weight is 278 g/mol. The molecule has 3 nitrogen and oxygen atoms in total. The van der Waals surface area contributed by atoms with Gasteiger partial charge in [-0.1, -0.05) is 28.1 Å². The van der Waals surface area contributed by atoms with Crippen LogP contribution in [0.1, 0.15) is 11.4 Å². The first kappa shape index (κ1) is 11.1. The van der Waals surface area contributed by atoms with Gasteiger partial charge in [-0.25, -0.2) is 9.97 Å². The Morgan fingerprint density at radius 3 is 2.50 bits per heavy atom. The second-order valence-corrected chi connectivity index (χ2v) is 4.55. The summed E-state index contributed by atoms with van der Waals surface area (Å²) in [5.74, 6) is 0.473. The highest BCUT2D eigenvalue weighted by atomic mass is 79.9. The van der Waals surface area contributed by atoms with Crippen molar-refractivity contribution < 1.29 is 0 Å². The standard InChI is InChI=1S/C12H12BrN3/c1-7-8(2)16-12(14)11(15-7)9-4-3-5-10(13)6-9/h3-6H,1-2H3,(H2,14,16). The molecule has 0 unspecified atom stereocenters. The van der Waals surface area contributed by atoms with Crippen molar-refractivity contribution in [3.63, 3.8) is 0 Å². The van der Waals surface area contributed by atoms with Crippen LogP contribution in [0, 0.1) is 13.8 Å². The zero-order valence-electron chi connectivity index (χ0n) is 9.16. The van der Waals surface area contributed by atoms with E-state index in [1.54, 1.807) is 0 Å². The summed E-state index contributed by atoms with van der Waals surface area (Å²) in [6.07, 6.45) is 0. The molecule has 4 heteroatoms. The Bertz CT molecular complexity index is 538. The lowest BCUT2D eigenvalue weighted by Gasteiger charge is -2.07. The third-order valence-corrected chi connectivity index (χ3v) is 2.93. The van der Waals surface area contributed by atoms with Gasteiger partial charge in [-0.15, -0.1) is 0 Å². The van der Waals surface area contributed by atoms with Crippen molar-refractivity contribution >= 4 is 21.7 Å². The third-order valence-electron chi connectivity index (χ3n) is 2.43. The lowest BCUT2D eigenvalue weighted by Crippen LogP contribution is -2.02. The van der Waals surface area contributed by atoms with Crippen molar-refractivity contribution in [3.8, 4) is 11.3 Å². The zero-order chi connectivity index (χ0) is 11.7. The van der Waals surface area contributed by atoms with E-state index in [1.807, 2.05) is 38.1 Å². The zero-order valence-corrected chi connectivity index (χ0v) is 10.7. The lowest BCUT2D eigenvalue weighted by molar-refractivity contribution is 1.06. The molecular weight excluding hydrogens is 266 g/mol. The summed E-state index contributed by atoms with van der Waals surface area (Å²) in [5.41, 5.74) is 9.38. The molecule has 0 bridgehead atoms. The Morgan fingerprint density at radius 1 is 1.12 bits per heavy atom. The highest BCUT2D eigenvalue weighted by Crippen LogP contribution is 2.25. The number of nitrogen functional groups attached to an aromatic ring is 1. The maximum absolute atomic E-state index is 5.88. The van der Waals surface area contributed by atoms with Gasteiger partial charge in [0.1, 0.15) is 11.5 Å². The van der Waals surface area contributed by atoms with Crippen LogP contribution in [-0.2, 0) is 0 Å². The summed E-state index contributed by atoms with van der Waals surface area (Å²) in [5, 5.41) is 0. The first-order chi connectivity index (χ1) is 7.58. The van der Waals surface area contributed by atoms with Crippen molar-refractivity contribution in [2.75, 3.05) is 5.73 Å². The fourth-order valence-electron chi connectivity index (χ4n) is 1.47. The molecule has 0 radical (unpaired) electrons. The van der Waals surface area contributed by atoms with Crippen molar-refractivity contribution in [3.05, 3.63) is 40.1 Å². The highest BCUT2D eigenvalue weighted by molar-refractivity contribution is 9.10. The molecule has 0 atom stereocenters. The highest BCUT2D eigenvalue weighted by Gasteiger charge is 2.08. The van der Waals surface area contributed by atoms with Gasteiger partial charge >= 0.3 is 0 Å². The summed E-state index contributed by atoms with van der Waals surface area (Å²) in [4.78, 5) is 8.75. The predicted molar refractivity (Wildman–Crippen MR) is 69.1 cm³/mol. The van der Waals surface area contributed by atoms with Crippen LogP contribution in [0.3, 0.4) is 0 Å². The van der Waals surface area contributed by atoms with Crippen LogP contribution >= 0.6 is 15.9 Å². The fraction of sp³-hybridized carbons (Fsp3) is 0.167. The first-order valence-corrected chi connectivity index (χ1v) is 5.74. The van der Waals surface area contributed by atoms with E-state index in [-0.39, 0.29) is 0 Å². The fourth-order valence-corrected chi connectivity index (χ4v) is 1.87. The molecular formula is C12H12BrN3. The second kappa shape index (κ2) is 4.22. The molecule has 0 saturated carbocycles. The molecule has 2 aromatic rings. The minimum absolute atomic E-state index is 0.473. The van der Waals surface area contributed by atoms with Crippen molar-refractivity contribution in [1.29, 1.82) is 0 Å². The van der Waals surface area contributed by atoms with E-state index in [0.717, 1.165) is 27.1 Å². The number of anilines is 1. The molecule has 1 aromatic heterocycles. The van der Waals surface area contributed by atoms with Gasteiger partial charge in [0.2, 0.25) is 0 Å². The maximum atomic E-state index is 5.88. The van der Waals surface area contributed by atoms with Gasteiger partial charge in [0.05, 0.1) is 11.4 Å². The van der Waals surface area contributed by atoms with Gasteiger partial charge in [0.15, 0.2) is 0 Å². The molecule has 0 spiro atoms. The molecule has 1 aromatic carbocycles. The number of halogens is 1. The number of hydrogen-bond acceptors (Lipinski definition) is 3. The van der Waals surface area contributed by atoms with Crippen LogP contribution in [0.4, 0.5) is 5.82 Å². The van der Waals surface area contributed by atoms with Crippen LogP contribution in [0.2, 0.25) is 0 Å². The van der Waals surface area contributed by atoms with Gasteiger partial charge in [0.25, 0.3) is 0 Å². The number of benzene rings is 1. The minimum atomic E-state index is 0.473. The molecule has 16 heavy (non-hydrogen) atoms. The van der Waals surface area contributed by atoms with Crippen LogP contribution < -0.4 is 5.73 Å². The van der Waals surface area contributed by atoms with Crippen molar-refractivity contribution in [2.24, 2.45) is 0 Å². The summed E-state index contributed by atoms with van der Waals surface area (Å²) in [7, 11) is 0. The summed E-state index contributed by atoms with van der Waals surface area (Å²) in [6, 6.07) is 7.87. The molecule has 0 amide bonds. The number of aromatic nitrogens is 2. The quantitative estimate of drug-likeness (QED) is 0.872. The lowest BCUT2D eigenvalue weighted by atomic mass is 10.1. The van der Waals surface area contributed by atoms with Crippen LogP contribution in [0.15, 0.2) is 28.7 Å². The maximum Gasteiger partial charge on any atom is 0.150 e. The van der Waals surface area contributed by atoms with Crippen molar-refractivity contribution in [1.82, 2.24) is 9.97 Å². The number of hydrogen-bond donors (Lipinski definition) is 1. The Kier molecular flexibility index (Phi) is 2.92. The molecule has 2 rings (SSSR count). The van der Waals surface area contributed by atoms with Crippen LogP contribution in [0.5, 0.6) is 0 Å². The minimum Gasteiger partial charge on any atom is -0.382 e. The predicted octanol–water partition coefficient (Wildman–Crippen LogP) is 3.11. The normalized spacial score (nSPS) is 10.4. The van der Waals surface area contributed by atoms with E-state index < -0.39 is 0 Å². The largest absolute Gasteiger partial charge is 0.382 e. The third kappa shape index (κ3) is 2.07. The first-order valence-electron chi connectivity index (χ1n) is 4.94. The smallest absolute Gasteiger partial charge is 0.150 e. The van der Waals surface area contributed by atoms with Crippen LogP contribution in [0.25, 0.3) is 11.3 Å². The summed E-state index contributed by atoms with van der Waals surface area (Å²) >= 11 is 3.43. The number of nitrogens with two attached hydrogens (primary N) is 1. The van der Waals surface area contributed by atoms with Gasteiger partial charge in [0, 0.05) is 10.0 Å². The Balaban J connectivity index is 2.60. The van der Waals surface area contributed by atoms with E-state index in [4.69, 9.17) is 5.73 Å². The Hall–Kier alpha value is -1.42. The summed E-state index contributed by atoms with van der Waals surface area (Å²) in [6.45, 7) is 3.84. The van der Waals surface area contributed by atoms with E-state index in [9.17, 15) is 0 Å². The molecule has 0 fully saturated rings. The van der Waals surface area contributed by atoms with Gasteiger partial charge < -0.3 is 5.73 Å². The average Bonchev–Trinajstić information content (AvgIpc) is 2.23. The monoisotopic (exact) mass is 277 g/mol. The molecule has 1 heterocycles. The molecule has 2 N–H and O–H groups in total. The van der Waals surface area contributed by atoms with E-state index in [2.05, 4.69) is 25.9 Å². The molecule has 0 aliphatic heterocycles. The molecule has 82 valence electrons. The number of rotatable bonds is 1. The van der Waals surface area contributed by atoms with Crippen LogP contribution in [-0.4, -0.2) is 9.97 Å². The van der Waals surface area contributed by atoms with E-state index in [1.165, 1.54) is 0 Å². The molecule has 0 aliphatic carbocycles. The summed E-state index contributed by atoms with van der Waals surface area (Å²) < 4.78 is 1.00. The second-order valence-electron chi connectivity index (χ2n) is 3.64. The van der Waals surface area contributed by atoms with Gasteiger partial charge in [-0.2, -0.15) is 0 Å². The van der Waals surface area contributed by atoms with Gasteiger partial charge in [-0.05, 0) is 26.0 Å². The van der Waals surface area contributed by atoms with E-state index >= 15 is 0 Å². The van der Waals surface area contributed by atoms with E-state index in [0.29, 0.717) is 5.82 Å². The van der Waals surface area contributed by atoms with Crippen molar-refractivity contribution in [2.45, 2.75) is 13.8 Å². The topological polar surface area (TPSA) is 51.8 Å². The SMILES string of the molecule is Cc1nc(N)c(-c2cccc(Br)c2)nc1C. The molecule has 0 aliphatic rings. The molecule has 0 saturated heterocycles. The Morgan fingerprint density at radius 2 is 1.81 bits per heavy atom. The Labute approximate surface area is 103 Å².